The lowest BCUT2D eigenvalue weighted by molar-refractivity contribution is -0.386. The summed E-state index contributed by atoms with van der Waals surface area (Å²) < 4.78 is 17.6. The summed E-state index contributed by atoms with van der Waals surface area (Å²) in [6.45, 7) is 0. The van der Waals surface area contributed by atoms with Gasteiger partial charge in [-0.25, -0.2) is 4.39 Å². The van der Waals surface area contributed by atoms with E-state index in [1.165, 1.54) is 0 Å². The van der Waals surface area contributed by atoms with Crippen molar-refractivity contribution in [2.75, 3.05) is 7.11 Å². The zero-order valence-corrected chi connectivity index (χ0v) is 9.66. The van der Waals surface area contributed by atoms with Crippen molar-refractivity contribution in [3.05, 3.63) is 39.2 Å². The molecule has 0 saturated heterocycles. The Morgan fingerprint density at radius 1 is 1.53 bits per heavy atom. The zero-order chi connectivity index (χ0) is 13.0. The number of hydrogen-bond donors (Lipinski definition) is 0. The van der Waals surface area contributed by atoms with Gasteiger partial charge in [-0.15, -0.1) is 11.6 Å². The topological polar surface area (TPSA) is 69.4 Å². The monoisotopic (exact) mass is 261 g/mol. The van der Waals surface area contributed by atoms with Gasteiger partial charge >= 0.3 is 5.97 Å². The van der Waals surface area contributed by atoms with Crippen LogP contribution in [-0.4, -0.2) is 18.0 Å². The standard InChI is InChI=1S/C10H9ClFNO4/c1-17-9(14)4-6-2-8(12)3-7(5-11)10(6)13(15)16/h2-3H,4-5H2,1H3. The number of methoxy groups -OCH3 is 1. The van der Waals surface area contributed by atoms with Crippen LogP contribution in [0.15, 0.2) is 12.1 Å². The SMILES string of the molecule is COC(=O)Cc1cc(F)cc(CCl)c1[N+](=O)[O-]. The number of nitro benzene ring substituents is 1. The number of ether oxygens (including phenoxy) is 1. The van der Waals surface area contributed by atoms with Gasteiger partial charge in [0, 0.05) is 11.1 Å². The van der Waals surface area contributed by atoms with Crippen molar-refractivity contribution in [2.24, 2.45) is 0 Å². The van der Waals surface area contributed by atoms with E-state index in [0.717, 1.165) is 19.2 Å². The minimum atomic E-state index is -0.685. The second kappa shape index (κ2) is 5.58. The summed E-state index contributed by atoms with van der Waals surface area (Å²) >= 11 is 5.50. The Morgan fingerprint density at radius 3 is 2.59 bits per heavy atom. The van der Waals surface area contributed by atoms with Crippen molar-refractivity contribution < 1.29 is 18.8 Å². The first-order valence-electron chi connectivity index (χ1n) is 4.58. The molecule has 92 valence electrons. The van der Waals surface area contributed by atoms with Gasteiger partial charge in [0.2, 0.25) is 0 Å². The summed E-state index contributed by atoms with van der Waals surface area (Å²) in [6, 6.07) is 1.91. The number of alkyl halides is 1. The highest BCUT2D eigenvalue weighted by molar-refractivity contribution is 6.17. The van der Waals surface area contributed by atoms with Gasteiger partial charge in [-0.1, -0.05) is 0 Å². The van der Waals surface area contributed by atoms with E-state index < -0.39 is 16.7 Å². The van der Waals surface area contributed by atoms with Crippen molar-refractivity contribution in [1.82, 2.24) is 0 Å². The van der Waals surface area contributed by atoms with Crippen LogP contribution >= 0.6 is 11.6 Å². The van der Waals surface area contributed by atoms with E-state index in [9.17, 15) is 19.3 Å². The Balaban J connectivity index is 3.30. The normalized spacial score (nSPS) is 10.1. The van der Waals surface area contributed by atoms with Crippen LogP contribution in [0.2, 0.25) is 0 Å². The molecule has 1 aromatic carbocycles. The summed E-state index contributed by atoms with van der Waals surface area (Å²) in [5.74, 6) is -1.56. The predicted molar refractivity (Wildman–Crippen MR) is 58.3 cm³/mol. The highest BCUT2D eigenvalue weighted by atomic mass is 35.5. The van der Waals surface area contributed by atoms with E-state index in [2.05, 4.69) is 4.74 Å². The average molecular weight is 262 g/mol. The summed E-state index contributed by atoms with van der Waals surface area (Å²) in [5.41, 5.74) is -0.347. The number of halogens is 2. The van der Waals surface area contributed by atoms with Crippen LogP contribution in [0.3, 0.4) is 0 Å². The molecule has 0 aliphatic carbocycles. The third-order valence-electron chi connectivity index (χ3n) is 2.12. The van der Waals surface area contributed by atoms with Crippen molar-refractivity contribution in [3.63, 3.8) is 0 Å². The van der Waals surface area contributed by atoms with Crippen LogP contribution < -0.4 is 0 Å². The predicted octanol–water partition coefficient (Wildman–Crippen LogP) is 2.19. The Hall–Kier alpha value is -1.69. The Morgan fingerprint density at radius 2 is 2.12 bits per heavy atom. The minimum absolute atomic E-state index is 0.0376. The highest BCUT2D eigenvalue weighted by Gasteiger charge is 2.22. The highest BCUT2D eigenvalue weighted by Crippen LogP contribution is 2.27. The lowest BCUT2D eigenvalue weighted by Gasteiger charge is -2.06. The number of carbonyl (C=O) groups excluding carboxylic acids is 1. The van der Waals surface area contributed by atoms with Crippen LogP contribution in [0.25, 0.3) is 0 Å². The van der Waals surface area contributed by atoms with Crippen LogP contribution in [0.1, 0.15) is 11.1 Å². The first-order chi connectivity index (χ1) is 7.99. The minimum Gasteiger partial charge on any atom is -0.469 e. The summed E-state index contributed by atoms with van der Waals surface area (Å²) in [6.07, 6.45) is -0.367. The number of benzene rings is 1. The molecule has 17 heavy (non-hydrogen) atoms. The molecule has 0 spiro atoms. The molecule has 0 aliphatic heterocycles. The fraction of sp³-hybridized carbons (Fsp3) is 0.300. The number of esters is 1. The molecule has 1 aromatic rings. The fourth-order valence-corrected chi connectivity index (χ4v) is 1.62. The van der Waals surface area contributed by atoms with Crippen molar-refractivity contribution in [2.45, 2.75) is 12.3 Å². The van der Waals surface area contributed by atoms with Crippen molar-refractivity contribution in [1.29, 1.82) is 0 Å². The number of rotatable bonds is 4. The van der Waals surface area contributed by atoms with Crippen LogP contribution in [0.5, 0.6) is 0 Å². The van der Waals surface area contributed by atoms with Gasteiger partial charge in [0.15, 0.2) is 0 Å². The zero-order valence-electron chi connectivity index (χ0n) is 8.91. The summed E-state index contributed by atoms with van der Waals surface area (Å²) in [4.78, 5) is 21.2. The summed E-state index contributed by atoms with van der Waals surface area (Å²) in [7, 11) is 1.15. The molecule has 7 heteroatoms. The van der Waals surface area contributed by atoms with E-state index in [1.54, 1.807) is 0 Å². The number of nitro groups is 1. The van der Waals surface area contributed by atoms with Crippen molar-refractivity contribution in [3.8, 4) is 0 Å². The fourth-order valence-electron chi connectivity index (χ4n) is 1.42. The molecule has 0 N–H and O–H groups in total. The molecular formula is C10H9ClFNO4. The van der Waals surface area contributed by atoms with E-state index in [4.69, 9.17) is 11.6 Å². The third kappa shape index (κ3) is 3.13. The Labute approximate surface area is 101 Å². The maximum atomic E-state index is 13.2. The number of nitrogens with zero attached hydrogens (tertiary/aromatic N) is 1. The molecule has 0 unspecified atom stereocenters. The lowest BCUT2D eigenvalue weighted by Crippen LogP contribution is -2.08. The Bertz CT molecular complexity index is 464. The molecule has 0 fully saturated rings. The van der Waals surface area contributed by atoms with Gasteiger partial charge in [-0.05, 0) is 12.1 Å². The molecule has 0 radical (unpaired) electrons. The van der Waals surface area contributed by atoms with Crippen LogP contribution in [-0.2, 0) is 21.8 Å². The van der Waals surface area contributed by atoms with Crippen LogP contribution in [0.4, 0.5) is 10.1 Å². The Kier molecular flexibility index (Phi) is 4.39. The molecule has 0 bridgehead atoms. The van der Waals surface area contributed by atoms with Gasteiger partial charge in [0.1, 0.15) is 5.82 Å². The van der Waals surface area contributed by atoms with E-state index in [1.807, 2.05) is 0 Å². The maximum Gasteiger partial charge on any atom is 0.310 e. The van der Waals surface area contributed by atoms with Crippen molar-refractivity contribution >= 4 is 23.3 Å². The van der Waals surface area contributed by atoms with Gasteiger partial charge in [0.25, 0.3) is 5.69 Å². The molecule has 0 heterocycles. The quantitative estimate of drug-likeness (QED) is 0.360. The lowest BCUT2D eigenvalue weighted by atomic mass is 10.1. The first-order valence-corrected chi connectivity index (χ1v) is 5.11. The second-order valence-electron chi connectivity index (χ2n) is 3.22. The van der Waals surface area contributed by atoms with E-state index in [0.29, 0.717) is 0 Å². The van der Waals surface area contributed by atoms with Gasteiger partial charge in [-0.3, -0.25) is 14.9 Å². The molecule has 5 nitrogen and oxygen atoms in total. The molecular weight excluding hydrogens is 253 g/mol. The maximum absolute atomic E-state index is 13.2. The van der Waals surface area contributed by atoms with Gasteiger partial charge in [-0.2, -0.15) is 0 Å². The van der Waals surface area contributed by atoms with Gasteiger partial charge < -0.3 is 4.74 Å². The molecule has 0 saturated carbocycles. The molecule has 0 aromatic heterocycles. The van der Waals surface area contributed by atoms with Gasteiger partial charge in [0.05, 0.1) is 24.3 Å². The van der Waals surface area contributed by atoms with E-state index in [-0.39, 0.29) is 29.1 Å². The summed E-state index contributed by atoms with van der Waals surface area (Å²) in [5, 5.41) is 10.9. The number of hydrogen-bond acceptors (Lipinski definition) is 4. The number of carbonyl (C=O) groups is 1. The smallest absolute Gasteiger partial charge is 0.310 e. The third-order valence-corrected chi connectivity index (χ3v) is 2.41. The molecule has 0 aliphatic rings. The largest absolute Gasteiger partial charge is 0.469 e. The van der Waals surface area contributed by atoms with E-state index >= 15 is 0 Å². The van der Waals surface area contributed by atoms with Crippen LogP contribution in [0, 0.1) is 15.9 Å². The molecule has 1 rings (SSSR count). The molecule has 0 atom stereocenters. The first kappa shape index (κ1) is 13.4. The molecule has 0 amide bonds. The second-order valence-corrected chi connectivity index (χ2v) is 3.48. The average Bonchev–Trinajstić information content (AvgIpc) is 2.27.